The van der Waals surface area contributed by atoms with Crippen LogP contribution in [0.25, 0.3) is 0 Å². The molecule has 2 aromatic carbocycles. The van der Waals surface area contributed by atoms with Gasteiger partial charge >= 0.3 is 0 Å². The maximum Gasteiger partial charge on any atom is 0.243 e. The first-order valence-electron chi connectivity index (χ1n) is 9.98. The molecule has 0 aromatic heterocycles. The van der Waals surface area contributed by atoms with Gasteiger partial charge in [0.1, 0.15) is 17.6 Å². The molecule has 0 aliphatic rings. The molecule has 0 saturated carbocycles. The Morgan fingerprint density at radius 2 is 1.83 bits per heavy atom. The predicted octanol–water partition coefficient (Wildman–Crippen LogP) is 3.52. The number of aryl methyl sites for hydroxylation is 1. The van der Waals surface area contributed by atoms with Crippen LogP contribution in [0.1, 0.15) is 32.3 Å². The van der Waals surface area contributed by atoms with Crippen LogP contribution in [0.3, 0.4) is 0 Å². The van der Waals surface area contributed by atoms with Crippen LogP contribution in [-0.2, 0) is 21.2 Å². The van der Waals surface area contributed by atoms with Crippen molar-refractivity contribution < 1.29 is 22.3 Å². The normalized spacial score (nSPS) is 12.3. The molecule has 0 heterocycles. The number of hydrogen-bond acceptors (Lipinski definition) is 4. The number of nitrogens with one attached hydrogen (secondary N) is 1. The fourth-order valence-electron chi connectivity index (χ4n) is 3.11. The highest BCUT2D eigenvalue weighted by atomic mass is 32.2. The zero-order valence-corrected chi connectivity index (χ0v) is 18.4. The van der Waals surface area contributed by atoms with E-state index in [-0.39, 0.29) is 5.69 Å². The molecule has 8 heteroatoms. The summed E-state index contributed by atoms with van der Waals surface area (Å²) in [7, 11) is -3.86. The number of carbonyl (C=O) groups excluding carboxylic acids is 1. The Labute approximate surface area is 178 Å². The Balaban J connectivity index is 1.98. The van der Waals surface area contributed by atoms with Crippen LogP contribution in [0, 0.1) is 5.82 Å². The summed E-state index contributed by atoms with van der Waals surface area (Å²) in [6.07, 6.45) is 3.23. The average Bonchev–Trinajstić information content (AvgIpc) is 2.70. The van der Waals surface area contributed by atoms with Crippen molar-refractivity contribution in [1.29, 1.82) is 0 Å². The number of nitrogens with zero attached hydrogens (tertiary/aromatic N) is 1. The molecule has 0 radical (unpaired) electrons. The maximum atomic E-state index is 14.2. The molecule has 0 aliphatic heterocycles. The van der Waals surface area contributed by atoms with E-state index in [1.165, 1.54) is 25.1 Å². The van der Waals surface area contributed by atoms with Crippen molar-refractivity contribution in [2.24, 2.45) is 0 Å². The van der Waals surface area contributed by atoms with Gasteiger partial charge in [-0.3, -0.25) is 9.10 Å². The van der Waals surface area contributed by atoms with Gasteiger partial charge in [-0.25, -0.2) is 12.8 Å². The summed E-state index contributed by atoms with van der Waals surface area (Å²) in [6.45, 7) is 4.49. The van der Waals surface area contributed by atoms with Crippen LogP contribution in [0.15, 0.2) is 48.5 Å². The average molecular weight is 437 g/mol. The fraction of sp³-hybridized carbons (Fsp3) is 0.409. The van der Waals surface area contributed by atoms with Gasteiger partial charge in [-0.05, 0) is 49.9 Å². The summed E-state index contributed by atoms with van der Waals surface area (Å²) in [6, 6.07) is 12.2. The van der Waals surface area contributed by atoms with E-state index in [0.717, 1.165) is 34.4 Å². The first-order valence-corrected chi connectivity index (χ1v) is 11.8. The summed E-state index contributed by atoms with van der Waals surface area (Å²) in [5, 5.41) is 2.75. The molecule has 164 valence electrons. The number of ether oxygens (including phenoxy) is 1. The van der Waals surface area contributed by atoms with Gasteiger partial charge in [-0.2, -0.15) is 0 Å². The van der Waals surface area contributed by atoms with E-state index in [2.05, 4.69) is 5.32 Å². The largest absolute Gasteiger partial charge is 0.493 e. The lowest BCUT2D eigenvalue weighted by Gasteiger charge is -2.28. The molecular weight excluding hydrogens is 407 g/mol. The third-order valence-electron chi connectivity index (χ3n) is 4.53. The molecular formula is C22H29FN2O4S. The molecule has 0 unspecified atom stereocenters. The molecule has 0 saturated heterocycles. The highest BCUT2D eigenvalue weighted by molar-refractivity contribution is 7.92. The summed E-state index contributed by atoms with van der Waals surface area (Å²) in [4.78, 5) is 12.6. The van der Waals surface area contributed by atoms with E-state index in [1.54, 1.807) is 0 Å². The standard InChI is InChI=1S/C22H29FN2O4S/c1-4-16-29-21-14-8-5-10-18(21)11-9-15-24-22(26)17(2)25(30(3,27)28)20-13-7-6-12-19(20)23/h5-8,10,12-14,17H,4,9,11,15-16H2,1-3H3,(H,24,26)/t17-/m1/s1. The highest BCUT2D eigenvalue weighted by Gasteiger charge is 2.30. The molecule has 1 atom stereocenters. The minimum atomic E-state index is -3.86. The Hall–Kier alpha value is -2.61. The molecule has 0 aliphatic carbocycles. The van der Waals surface area contributed by atoms with Crippen molar-refractivity contribution in [3.05, 3.63) is 59.9 Å². The van der Waals surface area contributed by atoms with Crippen molar-refractivity contribution >= 4 is 21.6 Å². The molecule has 1 N–H and O–H groups in total. The monoisotopic (exact) mass is 436 g/mol. The third kappa shape index (κ3) is 6.45. The molecule has 0 spiro atoms. The second kappa shape index (κ2) is 11.0. The van der Waals surface area contributed by atoms with Crippen molar-refractivity contribution in [3.8, 4) is 5.75 Å². The number of carbonyl (C=O) groups is 1. The topological polar surface area (TPSA) is 75.7 Å². The Kier molecular flexibility index (Phi) is 8.65. The van der Waals surface area contributed by atoms with Crippen molar-refractivity contribution in [3.63, 3.8) is 0 Å². The minimum Gasteiger partial charge on any atom is -0.493 e. The quantitative estimate of drug-likeness (QED) is 0.547. The number of benzene rings is 2. The number of anilines is 1. The minimum absolute atomic E-state index is 0.148. The molecule has 2 aromatic rings. The number of rotatable bonds is 11. The van der Waals surface area contributed by atoms with E-state index in [0.29, 0.717) is 26.0 Å². The summed E-state index contributed by atoms with van der Waals surface area (Å²) >= 11 is 0. The first-order chi connectivity index (χ1) is 14.3. The van der Waals surface area contributed by atoms with Crippen molar-refractivity contribution in [2.45, 2.75) is 39.2 Å². The highest BCUT2D eigenvalue weighted by Crippen LogP contribution is 2.24. The maximum absolute atomic E-state index is 14.2. The Bertz CT molecular complexity index is 950. The molecule has 30 heavy (non-hydrogen) atoms. The van der Waals surface area contributed by atoms with Gasteiger partial charge < -0.3 is 10.1 Å². The van der Waals surface area contributed by atoms with Gasteiger partial charge in [0, 0.05) is 6.54 Å². The third-order valence-corrected chi connectivity index (χ3v) is 5.76. The summed E-state index contributed by atoms with van der Waals surface area (Å²) < 4.78 is 45.2. The smallest absolute Gasteiger partial charge is 0.243 e. The second-order valence-corrected chi connectivity index (χ2v) is 8.90. The SMILES string of the molecule is CCCOc1ccccc1CCCNC(=O)[C@@H](C)N(c1ccccc1F)S(C)(=O)=O. The van der Waals surface area contributed by atoms with E-state index in [1.807, 2.05) is 31.2 Å². The van der Waals surface area contributed by atoms with Crippen LogP contribution >= 0.6 is 0 Å². The van der Waals surface area contributed by atoms with Gasteiger partial charge in [0.05, 0.1) is 18.6 Å². The molecule has 6 nitrogen and oxygen atoms in total. The van der Waals surface area contributed by atoms with Crippen molar-refractivity contribution in [1.82, 2.24) is 5.32 Å². The van der Waals surface area contributed by atoms with Crippen LogP contribution in [0.5, 0.6) is 5.75 Å². The van der Waals surface area contributed by atoms with Crippen LogP contribution < -0.4 is 14.4 Å². The molecule has 0 fully saturated rings. The van der Waals surface area contributed by atoms with E-state index >= 15 is 0 Å². The second-order valence-electron chi connectivity index (χ2n) is 7.04. The van der Waals surface area contributed by atoms with Gasteiger partial charge in [0.15, 0.2) is 0 Å². The van der Waals surface area contributed by atoms with Gasteiger partial charge in [0.2, 0.25) is 15.9 Å². The van der Waals surface area contributed by atoms with E-state index in [9.17, 15) is 17.6 Å². The zero-order chi connectivity index (χ0) is 22.1. The number of para-hydroxylation sites is 2. The first kappa shape index (κ1) is 23.7. The van der Waals surface area contributed by atoms with Crippen molar-refractivity contribution in [2.75, 3.05) is 23.7 Å². The fourth-order valence-corrected chi connectivity index (χ4v) is 4.29. The number of hydrogen-bond donors (Lipinski definition) is 1. The summed E-state index contributed by atoms with van der Waals surface area (Å²) in [5.74, 6) is -0.354. The van der Waals surface area contributed by atoms with Crippen LogP contribution in [0.4, 0.5) is 10.1 Å². The zero-order valence-electron chi connectivity index (χ0n) is 17.6. The molecule has 2 rings (SSSR count). The molecule has 1 amide bonds. The number of halogens is 1. The Morgan fingerprint density at radius 1 is 1.17 bits per heavy atom. The Morgan fingerprint density at radius 3 is 2.50 bits per heavy atom. The predicted molar refractivity (Wildman–Crippen MR) is 117 cm³/mol. The van der Waals surface area contributed by atoms with Gasteiger partial charge in [-0.15, -0.1) is 0 Å². The van der Waals surface area contributed by atoms with Crippen LogP contribution in [-0.4, -0.2) is 39.8 Å². The lowest BCUT2D eigenvalue weighted by molar-refractivity contribution is -0.121. The van der Waals surface area contributed by atoms with Gasteiger partial charge in [0.25, 0.3) is 0 Å². The van der Waals surface area contributed by atoms with Gasteiger partial charge in [-0.1, -0.05) is 37.3 Å². The molecule has 0 bridgehead atoms. The summed E-state index contributed by atoms with van der Waals surface area (Å²) in [5.41, 5.74) is 0.905. The lowest BCUT2D eigenvalue weighted by atomic mass is 10.1. The number of sulfonamides is 1. The number of amides is 1. The van der Waals surface area contributed by atoms with E-state index < -0.39 is 27.8 Å². The van der Waals surface area contributed by atoms with E-state index in [4.69, 9.17) is 4.74 Å². The lowest BCUT2D eigenvalue weighted by Crippen LogP contribution is -2.48. The van der Waals surface area contributed by atoms with Crippen LogP contribution in [0.2, 0.25) is 0 Å².